The number of hydrogen-bond acceptors (Lipinski definition) is 5. The highest BCUT2D eigenvalue weighted by Gasteiger charge is 2.20. The van der Waals surface area contributed by atoms with Crippen LogP contribution in [0.15, 0.2) is 30.3 Å². The average molecular weight is 437 g/mol. The van der Waals surface area contributed by atoms with E-state index in [0.29, 0.717) is 6.42 Å². The summed E-state index contributed by atoms with van der Waals surface area (Å²) in [6, 6.07) is 10.6. The van der Waals surface area contributed by atoms with Gasteiger partial charge in [-0.15, -0.1) is 0 Å². The Bertz CT molecular complexity index is 576. The monoisotopic (exact) mass is 436 g/mol. The maximum Gasteiger partial charge on any atom is 0.308 e. The van der Waals surface area contributed by atoms with Crippen LogP contribution in [-0.4, -0.2) is 42.6 Å². The van der Waals surface area contributed by atoms with Crippen LogP contribution in [-0.2, 0) is 25.5 Å². The second-order valence-electron chi connectivity index (χ2n) is 7.92. The van der Waals surface area contributed by atoms with Crippen molar-refractivity contribution in [2.75, 3.05) is 18.6 Å². The number of thioether (sulfide) groups is 1. The highest BCUT2D eigenvalue weighted by molar-refractivity contribution is 7.99. The van der Waals surface area contributed by atoms with Crippen LogP contribution in [0, 0.1) is 0 Å². The minimum Gasteiger partial charge on any atom is -0.462 e. The van der Waals surface area contributed by atoms with Gasteiger partial charge in [-0.1, -0.05) is 56.5 Å². The van der Waals surface area contributed by atoms with E-state index in [0.717, 1.165) is 62.9 Å². The fourth-order valence-electron chi connectivity index (χ4n) is 3.38. The molecular weight excluding hydrogens is 396 g/mol. The largest absolute Gasteiger partial charge is 0.462 e. The number of carbonyl (C=O) groups excluding carboxylic acids is 2. The van der Waals surface area contributed by atoms with Gasteiger partial charge in [0, 0.05) is 13.5 Å². The van der Waals surface area contributed by atoms with E-state index in [9.17, 15) is 9.59 Å². The Morgan fingerprint density at radius 1 is 0.933 bits per heavy atom. The number of esters is 1. The Kier molecular flexibility index (Phi) is 15.5. The molecule has 170 valence electrons. The van der Waals surface area contributed by atoms with E-state index in [4.69, 9.17) is 9.47 Å². The number of hydrogen-bond donors (Lipinski definition) is 0. The van der Waals surface area contributed by atoms with E-state index in [2.05, 4.69) is 37.3 Å². The number of methoxy groups -OCH3 is 1. The van der Waals surface area contributed by atoms with Gasteiger partial charge in [0.25, 0.3) is 0 Å². The molecule has 0 radical (unpaired) electrons. The van der Waals surface area contributed by atoms with Gasteiger partial charge in [0.15, 0.2) is 0 Å². The van der Waals surface area contributed by atoms with E-state index >= 15 is 0 Å². The zero-order valence-corrected chi connectivity index (χ0v) is 19.9. The lowest BCUT2D eigenvalue weighted by Crippen LogP contribution is -2.25. The Balaban J connectivity index is 2.19. The lowest BCUT2D eigenvalue weighted by atomic mass is 10.1. The van der Waals surface area contributed by atoms with Crippen molar-refractivity contribution in [1.29, 1.82) is 0 Å². The van der Waals surface area contributed by atoms with E-state index < -0.39 is 0 Å². The molecule has 0 aromatic heterocycles. The number of ether oxygens (including phenoxy) is 2. The second kappa shape index (κ2) is 17.4. The summed E-state index contributed by atoms with van der Waals surface area (Å²) in [5.41, 5.74) is 1.39. The molecule has 1 aromatic carbocycles. The fraction of sp³-hybridized carbons (Fsp3) is 0.680. The molecule has 0 aliphatic heterocycles. The number of ketones is 1. The zero-order valence-electron chi connectivity index (χ0n) is 19.1. The first-order valence-electron chi connectivity index (χ1n) is 11.4. The molecule has 2 atom stereocenters. The predicted octanol–water partition coefficient (Wildman–Crippen LogP) is 6.01. The molecule has 0 N–H and O–H groups in total. The summed E-state index contributed by atoms with van der Waals surface area (Å²) >= 11 is 1.98. The predicted molar refractivity (Wildman–Crippen MR) is 126 cm³/mol. The molecule has 0 bridgehead atoms. The van der Waals surface area contributed by atoms with Crippen LogP contribution >= 0.6 is 11.8 Å². The van der Waals surface area contributed by atoms with Gasteiger partial charge in [-0.25, -0.2) is 0 Å². The van der Waals surface area contributed by atoms with Gasteiger partial charge in [-0.05, 0) is 56.1 Å². The molecule has 0 heterocycles. The van der Waals surface area contributed by atoms with Gasteiger partial charge in [0.05, 0.1) is 12.5 Å². The van der Waals surface area contributed by atoms with E-state index in [-0.39, 0.29) is 30.4 Å². The molecule has 0 spiro atoms. The third kappa shape index (κ3) is 13.8. The van der Waals surface area contributed by atoms with Crippen LogP contribution in [0.5, 0.6) is 0 Å². The van der Waals surface area contributed by atoms with Crippen molar-refractivity contribution in [2.24, 2.45) is 0 Å². The maximum atomic E-state index is 12.3. The average Bonchev–Trinajstić information content (AvgIpc) is 2.72. The summed E-state index contributed by atoms with van der Waals surface area (Å²) in [5.74, 6) is 2.09. The first-order chi connectivity index (χ1) is 14.5. The molecule has 0 aliphatic carbocycles. The fourth-order valence-corrected chi connectivity index (χ4v) is 4.37. The smallest absolute Gasteiger partial charge is 0.308 e. The van der Waals surface area contributed by atoms with Gasteiger partial charge in [0.1, 0.15) is 11.9 Å². The summed E-state index contributed by atoms with van der Waals surface area (Å²) in [5, 5.41) is 0. The van der Waals surface area contributed by atoms with Crippen LogP contribution in [0.2, 0.25) is 0 Å². The highest BCUT2D eigenvalue weighted by atomic mass is 32.2. The minimum absolute atomic E-state index is 0.0670. The van der Waals surface area contributed by atoms with E-state index in [1.54, 1.807) is 14.0 Å². The molecule has 0 aliphatic rings. The third-order valence-corrected chi connectivity index (χ3v) is 6.18. The lowest BCUT2D eigenvalue weighted by Gasteiger charge is -2.19. The van der Waals surface area contributed by atoms with Gasteiger partial charge in [0.2, 0.25) is 0 Å². The van der Waals surface area contributed by atoms with Crippen LogP contribution < -0.4 is 0 Å². The number of unbranched alkanes of at least 4 members (excludes halogenated alkanes) is 3. The summed E-state index contributed by atoms with van der Waals surface area (Å²) < 4.78 is 11.1. The van der Waals surface area contributed by atoms with Crippen molar-refractivity contribution in [3.63, 3.8) is 0 Å². The minimum atomic E-state index is -0.292. The molecule has 30 heavy (non-hydrogen) atoms. The molecule has 2 unspecified atom stereocenters. The first-order valence-corrected chi connectivity index (χ1v) is 12.5. The van der Waals surface area contributed by atoms with E-state index in [1.165, 1.54) is 5.56 Å². The van der Waals surface area contributed by atoms with Gasteiger partial charge in [-0.3, -0.25) is 9.59 Å². The lowest BCUT2D eigenvalue weighted by molar-refractivity contribution is -0.153. The molecule has 4 nitrogen and oxygen atoms in total. The van der Waals surface area contributed by atoms with Crippen LogP contribution in [0.1, 0.15) is 77.2 Å². The van der Waals surface area contributed by atoms with Crippen molar-refractivity contribution in [1.82, 2.24) is 0 Å². The first kappa shape index (κ1) is 26.7. The molecule has 0 saturated heterocycles. The number of benzene rings is 1. The summed E-state index contributed by atoms with van der Waals surface area (Å²) in [4.78, 5) is 23.8. The highest BCUT2D eigenvalue weighted by Crippen LogP contribution is 2.16. The number of carbonyl (C=O) groups is 2. The summed E-state index contributed by atoms with van der Waals surface area (Å²) in [6.45, 7) is 3.69. The topological polar surface area (TPSA) is 52.6 Å². The zero-order chi connectivity index (χ0) is 22.0. The van der Waals surface area contributed by atoms with Crippen molar-refractivity contribution < 1.29 is 19.1 Å². The summed E-state index contributed by atoms with van der Waals surface area (Å²) in [7, 11) is 1.65. The Labute approximate surface area is 187 Å². The van der Waals surface area contributed by atoms with Crippen molar-refractivity contribution in [3.8, 4) is 0 Å². The Morgan fingerprint density at radius 3 is 2.30 bits per heavy atom. The maximum absolute atomic E-state index is 12.3. The molecule has 0 amide bonds. The standard InChI is InChI=1S/C25H40O4S/c1-4-5-7-15-24(19-21(2)26)29-25(27)20-23(28-3)14-10-11-17-30-18-16-22-12-8-6-9-13-22/h6,8-9,12-13,23-24H,4-5,7,10-11,14-20H2,1-3H3. The van der Waals surface area contributed by atoms with Crippen molar-refractivity contribution in [2.45, 2.75) is 90.3 Å². The van der Waals surface area contributed by atoms with Crippen molar-refractivity contribution >= 4 is 23.5 Å². The van der Waals surface area contributed by atoms with Gasteiger partial charge < -0.3 is 9.47 Å². The quantitative estimate of drug-likeness (QED) is 0.208. The molecular formula is C25H40O4S. The van der Waals surface area contributed by atoms with Gasteiger partial charge in [-0.2, -0.15) is 11.8 Å². The van der Waals surface area contributed by atoms with Crippen LogP contribution in [0.3, 0.4) is 0 Å². The van der Waals surface area contributed by atoms with Crippen LogP contribution in [0.25, 0.3) is 0 Å². The Hall–Kier alpha value is -1.33. The number of rotatable bonds is 18. The molecule has 1 aromatic rings. The van der Waals surface area contributed by atoms with Crippen molar-refractivity contribution in [3.05, 3.63) is 35.9 Å². The molecule has 1 rings (SSSR count). The molecule has 0 saturated carbocycles. The molecule has 5 heteroatoms. The van der Waals surface area contributed by atoms with Crippen LogP contribution in [0.4, 0.5) is 0 Å². The summed E-state index contributed by atoms with van der Waals surface area (Å²) in [6.07, 6.45) is 8.25. The molecule has 0 fully saturated rings. The normalized spacial score (nSPS) is 13.0. The third-order valence-electron chi connectivity index (χ3n) is 5.11. The van der Waals surface area contributed by atoms with E-state index in [1.807, 2.05) is 11.8 Å². The second-order valence-corrected chi connectivity index (χ2v) is 9.14. The van der Waals surface area contributed by atoms with Gasteiger partial charge >= 0.3 is 5.97 Å². The Morgan fingerprint density at radius 2 is 1.63 bits per heavy atom. The number of Topliss-reactive ketones (excluding diaryl/α,β-unsaturated/α-hetero) is 1. The SMILES string of the molecule is CCCCCC(CC(C)=O)OC(=O)CC(CCCCSCCc1ccccc1)OC. The number of aryl methyl sites for hydroxylation is 1.